The summed E-state index contributed by atoms with van der Waals surface area (Å²) in [7, 11) is 0. The van der Waals surface area contributed by atoms with Crippen LogP contribution in [0.25, 0.3) is 0 Å². The van der Waals surface area contributed by atoms with Crippen molar-refractivity contribution >= 4 is 29.7 Å². The molecular weight excluding hydrogens is 472 g/mol. The number of nitrogens with one attached hydrogen (secondary N) is 3. The van der Waals surface area contributed by atoms with Crippen LogP contribution in [0.4, 0.5) is 0 Å². The van der Waals surface area contributed by atoms with Gasteiger partial charge in [-0.1, -0.05) is 12.1 Å². The second kappa shape index (κ2) is 12.3. The van der Waals surface area contributed by atoms with Crippen molar-refractivity contribution in [2.24, 2.45) is 0 Å². The molecule has 4 unspecified atom stereocenters. The lowest BCUT2D eigenvalue weighted by Crippen LogP contribution is -2.57. The number of nitrogens with zero attached hydrogens (tertiary/aromatic N) is 1. The van der Waals surface area contributed by atoms with Crippen molar-refractivity contribution in [3.63, 3.8) is 0 Å². The molecule has 0 aromatic heterocycles. The third kappa shape index (κ3) is 7.17. The molecule has 12 heteroatoms. The molecule has 2 fully saturated rings. The van der Waals surface area contributed by atoms with Crippen LogP contribution < -0.4 is 16.0 Å². The Hall–Kier alpha value is -3.67. The topological polar surface area (TPSA) is 185 Å². The zero-order valence-corrected chi connectivity index (χ0v) is 19.8. The molecule has 1 aromatic rings. The molecule has 3 amide bonds. The summed E-state index contributed by atoms with van der Waals surface area (Å²) in [4.78, 5) is 63.2. The number of benzene rings is 1. The van der Waals surface area contributed by atoms with Gasteiger partial charge in [-0.25, -0.2) is 4.79 Å². The first-order chi connectivity index (χ1) is 17.2. The highest BCUT2D eigenvalue weighted by molar-refractivity contribution is 5.94. The molecule has 2 aliphatic rings. The maximum atomic E-state index is 13.4. The number of aromatic hydroxyl groups is 1. The van der Waals surface area contributed by atoms with Gasteiger partial charge in [0.05, 0.1) is 6.04 Å². The monoisotopic (exact) mass is 504 g/mol. The molecule has 4 atom stereocenters. The van der Waals surface area contributed by atoms with Gasteiger partial charge >= 0.3 is 11.9 Å². The van der Waals surface area contributed by atoms with E-state index >= 15 is 0 Å². The minimum absolute atomic E-state index is 0.0114. The lowest BCUT2D eigenvalue weighted by molar-refractivity contribution is -0.149. The van der Waals surface area contributed by atoms with E-state index in [4.69, 9.17) is 5.11 Å². The Morgan fingerprint density at radius 1 is 1.00 bits per heavy atom. The van der Waals surface area contributed by atoms with Crippen molar-refractivity contribution in [1.82, 2.24) is 20.9 Å². The van der Waals surface area contributed by atoms with Crippen molar-refractivity contribution in [2.75, 3.05) is 13.1 Å². The summed E-state index contributed by atoms with van der Waals surface area (Å²) in [6, 6.07) is 2.17. The third-order valence-corrected chi connectivity index (χ3v) is 6.47. The van der Waals surface area contributed by atoms with Crippen molar-refractivity contribution < 1.29 is 39.3 Å². The van der Waals surface area contributed by atoms with E-state index in [1.54, 1.807) is 12.1 Å². The van der Waals surface area contributed by atoms with Gasteiger partial charge in [0.25, 0.3) is 0 Å². The van der Waals surface area contributed by atoms with Crippen molar-refractivity contribution in [3.05, 3.63) is 29.8 Å². The van der Waals surface area contributed by atoms with E-state index in [0.717, 1.165) is 6.42 Å². The van der Waals surface area contributed by atoms with E-state index in [-0.39, 0.29) is 31.6 Å². The maximum Gasteiger partial charge on any atom is 0.326 e. The summed E-state index contributed by atoms with van der Waals surface area (Å²) in [5.74, 6) is -3.99. The van der Waals surface area contributed by atoms with E-state index in [1.165, 1.54) is 17.0 Å². The number of phenols is 1. The van der Waals surface area contributed by atoms with Gasteiger partial charge in [0.1, 0.15) is 23.9 Å². The molecule has 196 valence electrons. The van der Waals surface area contributed by atoms with Gasteiger partial charge in [0.15, 0.2) is 0 Å². The number of amides is 3. The summed E-state index contributed by atoms with van der Waals surface area (Å²) >= 11 is 0. The van der Waals surface area contributed by atoms with Crippen LogP contribution in [0.3, 0.4) is 0 Å². The molecule has 2 aliphatic heterocycles. The summed E-state index contributed by atoms with van der Waals surface area (Å²) < 4.78 is 0. The molecule has 12 nitrogen and oxygen atoms in total. The van der Waals surface area contributed by atoms with Crippen molar-refractivity contribution in [1.29, 1.82) is 0 Å². The standard InChI is InChI=1S/C24H32N4O8/c29-15-7-5-14(6-8-15)13-18(23(34)28-12-2-4-19(28)24(35)36)27-22(33)17(9-10-20(30)31)26-21(32)16-3-1-11-25-16/h5-8,16-19,25,29H,1-4,9-13H2,(H,26,32)(H,27,33)(H,30,31)(H,35,36). The van der Waals surface area contributed by atoms with E-state index in [2.05, 4.69) is 16.0 Å². The third-order valence-electron chi connectivity index (χ3n) is 6.47. The minimum Gasteiger partial charge on any atom is -0.508 e. The number of carboxylic acid groups (broad SMARTS) is 2. The fourth-order valence-corrected chi connectivity index (χ4v) is 4.54. The van der Waals surface area contributed by atoms with E-state index < -0.39 is 53.8 Å². The van der Waals surface area contributed by atoms with Crippen LogP contribution >= 0.6 is 0 Å². The normalized spacial score (nSPS) is 20.9. The lowest BCUT2D eigenvalue weighted by Gasteiger charge is -2.29. The fourth-order valence-electron chi connectivity index (χ4n) is 4.54. The molecule has 0 saturated carbocycles. The van der Waals surface area contributed by atoms with Crippen LogP contribution in [0.15, 0.2) is 24.3 Å². The molecule has 0 bridgehead atoms. The fraction of sp³-hybridized carbons (Fsp3) is 0.542. The smallest absolute Gasteiger partial charge is 0.326 e. The molecule has 0 spiro atoms. The highest BCUT2D eigenvalue weighted by Crippen LogP contribution is 2.20. The average Bonchev–Trinajstić information content (AvgIpc) is 3.54. The number of likely N-dealkylation sites (tertiary alicyclic amines) is 1. The predicted octanol–water partition coefficient (Wildman–Crippen LogP) is -0.403. The van der Waals surface area contributed by atoms with E-state index in [1.807, 2.05) is 0 Å². The Bertz CT molecular complexity index is 977. The lowest BCUT2D eigenvalue weighted by atomic mass is 10.0. The summed E-state index contributed by atoms with van der Waals surface area (Å²) in [5.41, 5.74) is 0.610. The first-order valence-electron chi connectivity index (χ1n) is 12.0. The summed E-state index contributed by atoms with van der Waals surface area (Å²) in [5, 5.41) is 36.4. The van der Waals surface area contributed by atoms with Gasteiger partial charge < -0.3 is 36.2 Å². The van der Waals surface area contributed by atoms with Crippen LogP contribution in [0, 0.1) is 0 Å². The Labute approximate surface area is 208 Å². The molecule has 1 aromatic carbocycles. The number of aliphatic carboxylic acids is 2. The van der Waals surface area contributed by atoms with E-state index in [9.17, 15) is 34.2 Å². The predicted molar refractivity (Wildman–Crippen MR) is 126 cm³/mol. The van der Waals surface area contributed by atoms with Crippen molar-refractivity contribution in [3.8, 4) is 5.75 Å². The molecule has 0 aliphatic carbocycles. The zero-order valence-electron chi connectivity index (χ0n) is 19.8. The largest absolute Gasteiger partial charge is 0.508 e. The Balaban J connectivity index is 1.80. The molecular formula is C24H32N4O8. The summed E-state index contributed by atoms with van der Waals surface area (Å²) in [6.07, 6.45) is 1.65. The number of hydrogen-bond donors (Lipinski definition) is 6. The summed E-state index contributed by atoms with van der Waals surface area (Å²) in [6.45, 7) is 0.887. The van der Waals surface area contributed by atoms with Crippen LogP contribution in [0.5, 0.6) is 5.75 Å². The minimum atomic E-state index is -1.19. The highest BCUT2D eigenvalue weighted by atomic mass is 16.4. The Kier molecular flexibility index (Phi) is 9.23. The quantitative estimate of drug-likeness (QED) is 0.233. The second-order valence-corrected chi connectivity index (χ2v) is 9.10. The molecule has 36 heavy (non-hydrogen) atoms. The number of hydrogen-bond acceptors (Lipinski definition) is 7. The van der Waals surface area contributed by atoms with Gasteiger partial charge in [0, 0.05) is 19.4 Å². The maximum absolute atomic E-state index is 13.4. The van der Waals surface area contributed by atoms with Gasteiger partial charge in [-0.2, -0.15) is 0 Å². The van der Waals surface area contributed by atoms with Crippen LogP contribution in [-0.4, -0.2) is 87.1 Å². The molecule has 6 N–H and O–H groups in total. The number of carboxylic acids is 2. The second-order valence-electron chi connectivity index (χ2n) is 9.10. The van der Waals surface area contributed by atoms with Gasteiger partial charge in [-0.05, 0) is 56.3 Å². The number of rotatable bonds is 11. The van der Waals surface area contributed by atoms with Gasteiger partial charge in [0.2, 0.25) is 17.7 Å². The highest BCUT2D eigenvalue weighted by Gasteiger charge is 2.38. The van der Waals surface area contributed by atoms with E-state index in [0.29, 0.717) is 31.4 Å². The van der Waals surface area contributed by atoms with Crippen LogP contribution in [-0.2, 0) is 30.4 Å². The molecule has 2 saturated heterocycles. The number of phenolic OH excluding ortho intramolecular Hbond substituents is 1. The molecule has 2 heterocycles. The first-order valence-corrected chi connectivity index (χ1v) is 12.0. The SMILES string of the molecule is O=C(O)CCC(NC(=O)C1CCCN1)C(=O)NC(Cc1ccc(O)cc1)C(=O)N1CCCC1C(=O)O. The average molecular weight is 505 g/mol. The van der Waals surface area contributed by atoms with Crippen LogP contribution in [0.1, 0.15) is 44.1 Å². The van der Waals surface area contributed by atoms with Crippen LogP contribution in [0.2, 0.25) is 0 Å². The number of carbonyl (C=O) groups excluding carboxylic acids is 3. The van der Waals surface area contributed by atoms with Gasteiger partial charge in [-0.3, -0.25) is 19.2 Å². The number of carbonyl (C=O) groups is 5. The van der Waals surface area contributed by atoms with Crippen molar-refractivity contribution in [2.45, 2.75) is 69.1 Å². The molecule has 0 radical (unpaired) electrons. The molecule has 3 rings (SSSR count). The first kappa shape index (κ1) is 26.9. The Morgan fingerprint density at radius 3 is 2.33 bits per heavy atom. The zero-order chi connectivity index (χ0) is 26.2. The Morgan fingerprint density at radius 2 is 1.72 bits per heavy atom. The van der Waals surface area contributed by atoms with Gasteiger partial charge in [-0.15, -0.1) is 0 Å².